The van der Waals surface area contributed by atoms with Crippen molar-refractivity contribution in [3.05, 3.63) is 47.8 Å². The number of amides is 2. The largest absolute Gasteiger partial charge is 0.368 e. The highest BCUT2D eigenvalue weighted by Crippen LogP contribution is 2.35. The van der Waals surface area contributed by atoms with E-state index in [9.17, 15) is 9.18 Å². The van der Waals surface area contributed by atoms with Gasteiger partial charge in [-0.2, -0.15) is 0 Å². The van der Waals surface area contributed by atoms with Crippen LogP contribution in [0.3, 0.4) is 0 Å². The lowest BCUT2D eigenvalue weighted by molar-refractivity contribution is 0.257. The number of fused-ring (bicyclic) bond motifs is 2. The lowest BCUT2D eigenvalue weighted by atomic mass is 10.1. The summed E-state index contributed by atoms with van der Waals surface area (Å²) in [6.07, 6.45) is 5.90. The lowest BCUT2D eigenvalue weighted by Gasteiger charge is -2.38. The van der Waals surface area contributed by atoms with Crippen LogP contribution in [0.1, 0.15) is 25.1 Å². The third kappa shape index (κ3) is 3.59. The number of anilines is 3. The van der Waals surface area contributed by atoms with Crippen molar-refractivity contribution in [1.29, 1.82) is 0 Å². The van der Waals surface area contributed by atoms with E-state index in [0.29, 0.717) is 35.8 Å². The predicted octanol–water partition coefficient (Wildman–Crippen LogP) is 2.96. The summed E-state index contributed by atoms with van der Waals surface area (Å²) >= 11 is 0. The second kappa shape index (κ2) is 7.49. The Hall–Kier alpha value is -3.20. The minimum Gasteiger partial charge on any atom is -0.368 e. The normalized spacial score (nSPS) is 20.9. The van der Waals surface area contributed by atoms with E-state index in [0.717, 1.165) is 30.8 Å². The number of rotatable bonds is 2. The first-order valence-corrected chi connectivity index (χ1v) is 10.6. The number of urea groups is 1. The Morgan fingerprint density at radius 1 is 1.26 bits per heavy atom. The topological polar surface area (TPSA) is 77.8 Å². The zero-order chi connectivity index (χ0) is 21.7. The summed E-state index contributed by atoms with van der Waals surface area (Å²) in [4.78, 5) is 25.7. The SMILES string of the molecule is Cc1cn2cc(NC(=O)N3CCc4c(N5C[C@@H](C)N[C@@H](C)C5)ccnc43)cc(F)c2n1. The van der Waals surface area contributed by atoms with Crippen LogP contribution in [0.4, 0.5) is 26.4 Å². The molecule has 0 aromatic carbocycles. The van der Waals surface area contributed by atoms with Gasteiger partial charge in [0, 0.05) is 67.6 Å². The van der Waals surface area contributed by atoms with Gasteiger partial charge >= 0.3 is 6.03 Å². The van der Waals surface area contributed by atoms with Crippen molar-refractivity contribution in [2.75, 3.05) is 34.8 Å². The van der Waals surface area contributed by atoms with Gasteiger partial charge in [-0.25, -0.2) is 19.2 Å². The molecule has 2 aliphatic heterocycles. The lowest BCUT2D eigenvalue weighted by Crippen LogP contribution is -2.54. The monoisotopic (exact) mass is 423 g/mol. The summed E-state index contributed by atoms with van der Waals surface area (Å²) in [5, 5.41) is 6.37. The van der Waals surface area contributed by atoms with E-state index in [1.807, 2.05) is 6.07 Å². The van der Waals surface area contributed by atoms with Crippen LogP contribution in [0, 0.1) is 12.7 Å². The standard InChI is InChI=1S/C22H26FN7O/c1-13-9-28(10-14(2)25-13)19-4-6-24-20-17(19)5-7-30(20)22(31)27-16-8-18(23)21-26-15(3)11-29(21)12-16/h4,6,8,11-14,25H,5,7,9-10H2,1-3H3,(H,27,31)/t13-,14+. The van der Waals surface area contributed by atoms with Gasteiger partial charge in [-0.1, -0.05) is 0 Å². The molecule has 2 amide bonds. The third-order valence-electron chi connectivity index (χ3n) is 5.87. The number of carbonyl (C=O) groups excluding carboxylic acids is 1. The highest BCUT2D eigenvalue weighted by molar-refractivity contribution is 6.03. The fourth-order valence-electron chi connectivity index (χ4n) is 4.73. The van der Waals surface area contributed by atoms with Crippen molar-refractivity contribution in [1.82, 2.24) is 19.7 Å². The van der Waals surface area contributed by atoms with Crippen LogP contribution in [-0.4, -0.2) is 52.1 Å². The van der Waals surface area contributed by atoms with Crippen molar-refractivity contribution >= 4 is 28.9 Å². The Kier molecular flexibility index (Phi) is 4.77. The van der Waals surface area contributed by atoms with E-state index in [2.05, 4.69) is 39.3 Å². The molecular formula is C22H26FN7O. The van der Waals surface area contributed by atoms with Crippen LogP contribution in [0.5, 0.6) is 0 Å². The molecule has 0 saturated carbocycles. The van der Waals surface area contributed by atoms with E-state index in [1.165, 1.54) is 6.07 Å². The van der Waals surface area contributed by atoms with Crippen molar-refractivity contribution in [3.63, 3.8) is 0 Å². The molecule has 2 aliphatic rings. The first-order chi connectivity index (χ1) is 14.9. The zero-order valence-corrected chi connectivity index (χ0v) is 17.9. The number of nitrogens with one attached hydrogen (secondary N) is 2. The average molecular weight is 423 g/mol. The number of carbonyl (C=O) groups is 1. The molecule has 31 heavy (non-hydrogen) atoms. The smallest absolute Gasteiger partial charge is 0.327 e. The Labute approximate surface area is 180 Å². The molecule has 0 bridgehead atoms. The van der Waals surface area contributed by atoms with Gasteiger partial charge in [0.15, 0.2) is 11.5 Å². The van der Waals surface area contributed by atoms with Crippen LogP contribution >= 0.6 is 0 Å². The molecule has 3 aromatic heterocycles. The molecule has 5 heterocycles. The molecule has 9 heteroatoms. The maximum absolute atomic E-state index is 14.4. The van der Waals surface area contributed by atoms with Gasteiger partial charge in [-0.15, -0.1) is 0 Å². The van der Waals surface area contributed by atoms with Crippen LogP contribution in [-0.2, 0) is 6.42 Å². The number of imidazole rings is 1. The fourth-order valence-corrected chi connectivity index (χ4v) is 4.73. The molecule has 0 unspecified atom stereocenters. The highest BCUT2D eigenvalue weighted by Gasteiger charge is 2.31. The fraction of sp³-hybridized carbons (Fsp3) is 0.409. The second-order valence-electron chi connectivity index (χ2n) is 8.53. The summed E-state index contributed by atoms with van der Waals surface area (Å²) < 4.78 is 16.0. The van der Waals surface area contributed by atoms with Crippen molar-refractivity contribution in [3.8, 4) is 0 Å². The number of aryl methyl sites for hydroxylation is 1. The third-order valence-corrected chi connectivity index (χ3v) is 5.87. The van der Waals surface area contributed by atoms with Gasteiger partial charge in [0.1, 0.15) is 5.82 Å². The number of hydrogen-bond acceptors (Lipinski definition) is 5. The minimum atomic E-state index is -0.477. The van der Waals surface area contributed by atoms with E-state index >= 15 is 0 Å². The molecule has 162 valence electrons. The van der Waals surface area contributed by atoms with E-state index in [1.54, 1.807) is 34.8 Å². The number of piperazine rings is 1. The van der Waals surface area contributed by atoms with Gasteiger partial charge in [-0.05, 0) is 33.3 Å². The van der Waals surface area contributed by atoms with Gasteiger partial charge in [0.25, 0.3) is 0 Å². The Morgan fingerprint density at radius 3 is 2.81 bits per heavy atom. The van der Waals surface area contributed by atoms with Crippen molar-refractivity contribution in [2.45, 2.75) is 39.3 Å². The Morgan fingerprint density at radius 2 is 2.03 bits per heavy atom. The first kappa shape index (κ1) is 19.7. The molecule has 1 saturated heterocycles. The second-order valence-corrected chi connectivity index (χ2v) is 8.53. The number of nitrogens with zero attached hydrogens (tertiary/aromatic N) is 5. The maximum atomic E-state index is 14.4. The van der Waals surface area contributed by atoms with Crippen LogP contribution in [0.25, 0.3) is 5.65 Å². The first-order valence-electron chi connectivity index (χ1n) is 10.6. The van der Waals surface area contributed by atoms with E-state index < -0.39 is 5.82 Å². The van der Waals surface area contributed by atoms with Gasteiger partial charge in [-0.3, -0.25) is 4.90 Å². The average Bonchev–Trinajstić information content (AvgIpc) is 3.30. The van der Waals surface area contributed by atoms with Crippen LogP contribution < -0.4 is 20.4 Å². The summed E-state index contributed by atoms with van der Waals surface area (Å²) in [5.74, 6) is 0.198. The molecule has 2 atom stereocenters. The van der Waals surface area contributed by atoms with Crippen molar-refractivity contribution in [2.24, 2.45) is 0 Å². The quantitative estimate of drug-likeness (QED) is 0.663. The molecule has 5 rings (SSSR count). The maximum Gasteiger partial charge on any atom is 0.327 e. The van der Waals surface area contributed by atoms with Crippen molar-refractivity contribution < 1.29 is 9.18 Å². The number of pyridine rings is 2. The Bertz CT molecular complexity index is 1150. The molecule has 1 fully saturated rings. The number of hydrogen-bond donors (Lipinski definition) is 2. The van der Waals surface area contributed by atoms with Gasteiger partial charge < -0.3 is 19.9 Å². The molecule has 3 aromatic rings. The summed E-state index contributed by atoms with van der Waals surface area (Å²) in [6, 6.07) is 3.80. The highest BCUT2D eigenvalue weighted by atomic mass is 19.1. The van der Waals surface area contributed by atoms with Crippen LogP contribution in [0.15, 0.2) is 30.7 Å². The molecule has 8 nitrogen and oxygen atoms in total. The molecule has 0 spiro atoms. The van der Waals surface area contributed by atoms with Gasteiger partial charge in [0.2, 0.25) is 0 Å². The van der Waals surface area contributed by atoms with Gasteiger partial charge in [0.05, 0.1) is 11.4 Å². The number of halogens is 1. The summed E-state index contributed by atoms with van der Waals surface area (Å²) in [6.45, 7) is 8.53. The molecule has 0 aliphatic carbocycles. The number of aromatic nitrogens is 3. The molecule has 2 N–H and O–H groups in total. The zero-order valence-electron chi connectivity index (χ0n) is 17.9. The summed E-state index contributed by atoms with van der Waals surface area (Å²) in [5.41, 5.74) is 3.56. The minimum absolute atomic E-state index is 0.243. The van der Waals surface area contributed by atoms with Crippen LogP contribution in [0.2, 0.25) is 0 Å². The summed E-state index contributed by atoms with van der Waals surface area (Å²) in [7, 11) is 0. The predicted molar refractivity (Wildman–Crippen MR) is 118 cm³/mol. The molecule has 0 radical (unpaired) electrons. The molecular weight excluding hydrogens is 397 g/mol. The van der Waals surface area contributed by atoms with E-state index in [4.69, 9.17) is 0 Å². The van der Waals surface area contributed by atoms with E-state index in [-0.39, 0.29) is 11.7 Å². The Balaban J connectivity index is 1.39.